The topological polar surface area (TPSA) is 41.7 Å². The van der Waals surface area contributed by atoms with Gasteiger partial charge in [0, 0.05) is 43.1 Å². The van der Waals surface area contributed by atoms with Gasteiger partial charge in [0.2, 0.25) is 0 Å². The van der Waals surface area contributed by atoms with Gasteiger partial charge in [-0.15, -0.1) is 0 Å². The quantitative estimate of drug-likeness (QED) is 0.818. The van der Waals surface area contributed by atoms with Gasteiger partial charge in [0.05, 0.1) is 6.10 Å². The number of nitrogen functional groups attached to an aromatic ring is 1. The maximum atomic E-state index is 6.02. The minimum Gasteiger partial charge on any atom is -0.491 e. The van der Waals surface area contributed by atoms with Crippen molar-refractivity contribution >= 4 is 11.4 Å². The Labute approximate surface area is 128 Å². The number of hydrogen-bond donors (Lipinski definition) is 1. The van der Waals surface area contributed by atoms with E-state index in [0.717, 1.165) is 30.2 Å². The molecule has 2 N–H and O–H groups in total. The highest BCUT2D eigenvalue weighted by molar-refractivity contribution is 5.60. The molecule has 1 aliphatic rings. The van der Waals surface area contributed by atoms with Crippen molar-refractivity contribution in [2.45, 2.75) is 45.8 Å². The molecule has 1 atom stereocenters. The normalized spacial score (nSPS) is 19.2. The maximum absolute atomic E-state index is 6.02. The third kappa shape index (κ3) is 4.27. The molecule has 21 heavy (non-hydrogen) atoms. The number of nitrogens with zero attached hydrogens (tertiary/aromatic N) is 2. The summed E-state index contributed by atoms with van der Waals surface area (Å²) >= 11 is 0. The summed E-state index contributed by atoms with van der Waals surface area (Å²) in [6.45, 7) is 9.71. The monoisotopic (exact) mass is 291 g/mol. The van der Waals surface area contributed by atoms with Gasteiger partial charge in [0.25, 0.3) is 0 Å². The van der Waals surface area contributed by atoms with Crippen LogP contribution in [0.25, 0.3) is 0 Å². The lowest BCUT2D eigenvalue weighted by Gasteiger charge is -2.29. The van der Waals surface area contributed by atoms with E-state index in [1.807, 2.05) is 26.0 Å². The molecule has 1 heterocycles. The second-order valence-electron chi connectivity index (χ2n) is 6.23. The highest BCUT2D eigenvalue weighted by atomic mass is 16.5. The Morgan fingerprint density at radius 1 is 1.38 bits per heavy atom. The average molecular weight is 291 g/mol. The Hall–Kier alpha value is -1.42. The van der Waals surface area contributed by atoms with Crippen molar-refractivity contribution in [2.75, 3.05) is 37.3 Å². The summed E-state index contributed by atoms with van der Waals surface area (Å²) in [6.07, 6.45) is 2.76. The second kappa shape index (κ2) is 7.03. The molecule has 0 bridgehead atoms. The Morgan fingerprint density at radius 3 is 2.81 bits per heavy atom. The van der Waals surface area contributed by atoms with E-state index in [0.29, 0.717) is 6.04 Å². The number of ether oxygens (including phenoxy) is 1. The van der Waals surface area contributed by atoms with Crippen LogP contribution in [0, 0.1) is 0 Å². The number of rotatable bonds is 6. The minimum absolute atomic E-state index is 0.162. The number of likely N-dealkylation sites (tertiary alicyclic amines) is 1. The molecule has 1 aliphatic heterocycles. The molecule has 0 aromatic heterocycles. The second-order valence-corrected chi connectivity index (χ2v) is 6.23. The molecular weight excluding hydrogens is 262 g/mol. The Bertz CT molecular complexity index is 461. The van der Waals surface area contributed by atoms with Gasteiger partial charge < -0.3 is 15.4 Å². The van der Waals surface area contributed by atoms with Gasteiger partial charge in [-0.1, -0.05) is 6.92 Å². The molecule has 118 valence electrons. The average Bonchev–Trinajstić information content (AvgIpc) is 2.84. The summed E-state index contributed by atoms with van der Waals surface area (Å²) in [6, 6.07) is 6.65. The summed E-state index contributed by atoms with van der Waals surface area (Å²) in [5.74, 6) is 0.852. The third-order valence-electron chi connectivity index (χ3n) is 4.12. The number of hydrogen-bond acceptors (Lipinski definition) is 4. The van der Waals surface area contributed by atoms with Gasteiger partial charge in [-0.3, -0.25) is 4.90 Å². The van der Waals surface area contributed by atoms with Gasteiger partial charge in [0.15, 0.2) is 0 Å². The van der Waals surface area contributed by atoms with Crippen LogP contribution >= 0.6 is 0 Å². The maximum Gasteiger partial charge on any atom is 0.123 e. The molecule has 1 saturated heterocycles. The number of benzene rings is 1. The molecule has 0 spiro atoms. The highest BCUT2D eigenvalue weighted by Gasteiger charge is 2.24. The molecular formula is C17H29N3O. The lowest BCUT2D eigenvalue weighted by Crippen LogP contribution is -2.38. The first-order chi connectivity index (χ1) is 9.99. The molecule has 4 heteroatoms. The van der Waals surface area contributed by atoms with Crippen LogP contribution in [0.5, 0.6) is 5.75 Å². The van der Waals surface area contributed by atoms with Gasteiger partial charge >= 0.3 is 0 Å². The van der Waals surface area contributed by atoms with E-state index in [4.69, 9.17) is 10.5 Å². The van der Waals surface area contributed by atoms with Crippen LogP contribution in [0.15, 0.2) is 18.2 Å². The van der Waals surface area contributed by atoms with Crippen LogP contribution in [-0.2, 0) is 0 Å². The third-order valence-corrected chi connectivity index (χ3v) is 4.12. The Balaban J connectivity index is 2.07. The van der Waals surface area contributed by atoms with Crippen LogP contribution < -0.4 is 15.4 Å². The zero-order chi connectivity index (χ0) is 15.4. The van der Waals surface area contributed by atoms with E-state index in [9.17, 15) is 0 Å². The van der Waals surface area contributed by atoms with Gasteiger partial charge in [-0.25, -0.2) is 0 Å². The minimum atomic E-state index is 0.162. The van der Waals surface area contributed by atoms with E-state index in [-0.39, 0.29) is 6.10 Å². The largest absolute Gasteiger partial charge is 0.491 e. The first kappa shape index (κ1) is 16.0. The molecule has 1 aromatic rings. The fourth-order valence-electron chi connectivity index (χ4n) is 3.11. The zero-order valence-corrected chi connectivity index (χ0v) is 13.8. The van der Waals surface area contributed by atoms with E-state index < -0.39 is 0 Å². The van der Waals surface area contributed by atoms with Crippen LogP contribution in [-0.4, -0.2) is 43.7 Å². The van der Waals surface area contributed by atoms with Crippen molar-refractivity contribution < 1.29 is 4.74 Å². The predicted molar refractivity (Wildman–Crippen MR) is 90.2 cm³/mol. The Kier molecular flexibility index (Phi) is 5.34. The molecule has 0 amide bonds. The SMILES string of the molecule is CCN1CCCC1CN(C)c1cc(N)cc(OC(C)C)c1. The van der Waals surface area contributed by atoms with Gasteiger partial charge in [-0.05, 0) is 45.8 Å². The summed E-state index contributed by atoms with van der Waals surface area (Å²) in [7, 11) is 2.14. The zero-order valence-electron chi connectivity index (χ0n) is 13.8. The number of nitrogens with two attached hydrogens (primary N) is 1. The summed E-state index contributed by atoms with van der Waals surface area (Å²) < 4.78 is 5.78. The lowest BCUT2D eigenvalue weighted by molar-refractivity contribution is 0.242. The van der Waals surface area contributed by atoms with Crippen molar-refractivity contribution in [1.29, 1.82) is 0 Å². The van der Waals surface area contributed by atoms with Crippen molar-refractivity contribution in [3.8, 4) is 5.75 Å². The summed E-state index contributed by atoms with van der Waals surface area (Å²) in [5, 5.41) is 0. The summed E-state index contributed by atoms with van der Waals surface area (Å²) in [4.78, 5) is 4.86. The predicted octanol–water partition coefficient (Wildman–Crippen LogP) is 2.98. The first-order valence-corrected chi connectivity index (χ1v) is 8.02. The molecule has 4 nitrogen and oxygen atoms in total. The van der Waals surface area contributed by atoms with Crippen molar-refractivity contribution in [3.05, 3.63) is 18.2 Å². The fraction of sp³-hybridized carbons (Fsp3) is 0.647. The van der Waals surface area contributed by atoms with Crippen molar-refractivity contribution in [2.24, 2.45) is 0 Å². The summed E-state index contributed by atoms with van der Waals surface area (Å²) in [5.41, 5.74) is 7.91. The van der Waals surface area contributed by atoms with Crippen LogP contribution in [0.3, 0.4) is 0 Å². The van der Waals surface area contributed by atoms with Crippen LogP contribution in [0.4, 0.5) is 11.4 Å². The van der Waals surface area contributed by atoms with Gasteiger partial charge in [0.1, 0.15) is 5.75 Å². The standard InChI is InChI=1S/C17H29N3O/c1-5-20-8-6-7-15(20)12-19(4)16-9-14(18)10-17(11-16)21-13(2)3/h9-11,13,15H,5-8,12,18H2,1-4H3. The molecule has 1 aromatic carbocycles. The Morgan fingerprint density at radius 2 is 2.14 bits per heavy atom. The van der Waals surface area contributed by atoms with Gasteiger partial charge in [-0.2, -0.15) is 0 Å². The fourth-order valence-corrected chi connectivity index (χ4v) is 3.11. The van der Waals surface area contributed by atoms with Crippen molar-refractivity contribution in [3.63, 3.8) is 0 Å². The first-order valence-electron chi connectivity index (χ1n) is 8.02. The molecule has 1 unspecified atom stereocenters. The smallest absolute Gasteiger partial charge is 0.123 e. The highest BCUT2D eigenvalue weighted by Crippen LogP contribution is 2.27. The van der Waals surface area contributed by atoms with E-state index in [1.165, 1.54) is 19.4 Å². The van der Waals surface area contributed by atoms with Crippen LogP contribution in [0.2, 0.25) is 0 Å². The molecule has 1 fully saturated rings. The number of anilines is 2. The van der Waals surface area contributed by atoms with E-state index in [2.05, 4.69) is 29.8 Å². The van der Waals surface area contributed by atoms with E-state index >= 15 is 0 Å². The molecule has 0 radical (unpaired) electrons. The number of likely N-dealkylation sites (N-methyl/N-ethyl adjacent to an activating group) is 2. The van der Waals surface area contributed by atoms with Crippen molar-refractivity contribution in [1.82, 2.24) is 4.90 Å². The molecule has 0 aliphatic carbocycles. The molecule has 0 saturated carbocycles. The van der Waals surface area contributed by atoms with E-state index in [1.54, 1.807) is 0 Å². The lowest BCUT2D eigenvalue weighted by atomic mass is 10.2. The van der Waals surface area contributed by atoms with Crippen LogP contribution in [0.1, 0.15) is 33.6 Å². The molecule has 2 rings (SSSR count).